The second kappa shape index (κ2) is 7.18. The van der Waals surface area contributed by atoms with Gasteiger partial charge in [-0.05, 0) is 19.9 Å². The molecule has 1 N–H and O–H groups in total. The van der Waals surface area contributed by atoms with Crippen molar-refractivity contribution in [2.24, 2.45) is 0 Å². The lowest BCUT2D eigenvalue weighted by molar-refractivity contribution is -0.137. The van der Waals surface area contributed by atoms with Crippen LogP contribution in [0.4, 0.5) is 19.0 Å². The van der Waals surface area contributed by atoms with Crippen LogP contribution < -0.4 is 10.1 Å². The smallest absolute Gasteiger partial charge is 0.416 e. The Morgan fingerprint density at radius 2 is 1.95 bits per heavy atom. The molecule has 19 heavy (non-hydrogen) atoms. The minimum atomic E-state index is -4.43. The molecule has 0 unspecified atom stereocenters. The summed E-state index contributed by atoms with van der Waals surface area (Å²) in [5, 5.41) is 2.74. The van der Waals surface area contributed by atoms with Gasteiger partial charge in [0.2, 0.25) is 5.88 Å². The molecular formula is C12H17F3N2O2. The summed E-state index contributed by atoms with van der Waals surface area (Å²) in [6.45, 7) is 5.08. The third kappa shape index (κ3) is 5.34. The standard InChI is InChI=1S/C12H17F3N2O2/c1-3-16-10-7-9(12(13,14)15)8-11(17-10)19-6-5-18-4-2/h7-8H,3-6H2,1-2H3,(H,16,17). The van der Waals surface area contributed by atoms with Gasteiger partial charge in [-0.1, -0.05) is 0 Å². The first-order valence-corrected chi connectivity index (χ1v) is 6.01. The molecule has 1 aromatic rings. The Balaban J connectivity index is 2.81. The molecule has 1 aromatic heterocycles. The van der Waals surface area contributed by atoms with Crippen LogP contribution in [0.1, 0.15) is 19.4 Å². The topological polar surface area (TPSA) is 43.4 Å². The number of hydrogen-bond donors (Lipinski definition) is 1. The molecule has 0 fully saturated rings. The molecule has 0 saturated heterocycles. The fraction of sp³-hybridized carbons (Fsp3) is 0.583. The van der Waals surface area contributed by atoms with E-state index in [0.29, 0.717) is 19.8 Å². The van der Waals surface area contributed by atoms with Gasteiger partial charge in [-0.25, -0.2) is 0 Å². The summed E-state index contributed by atoms with van der Waals surface area (Å²) >= 11 is 0. The lowest BCUT2D eigenvalue weighted by Gasteiger charge is -2.12. The van der Waals surface area contributed by atoms with Crippen molar-refractivity contribution < 1.29 is 22.6 Å². The van der Waals surface area contributed by atoms with Gasteiger partial charge >= 0.3 is 6.18 Å². The van der Waals surface area contributed by atoms with Crippen molar-refractivity contribution in [3.8, 4) is 5.88 Å². The lowest BCUT2D eigenvalue weighted by atomic mass is 10.2. The van der Waals surface area contributed by atoms with Crippen molar-refractivity contribution in [3.63, 3.8) is 0 Å². The van der Waals surface area contributed by atoms with Gasteiger partial charge in [0, 0.05) is 19.2 Å². The number of nitrogens with zero attached hydrogens (tertiary/aromatic N) is 1. The van der Waals surface area contributed by atoms with Gasteiger partial charge in [0.25, 0.3) is 0 Å². The highest BCUT2D eigenvalue weighted by Gasteiger charge is 2.31. The molecule has 0 bridgehead atoms. The monoisotopic (exact) mass is 278 g/mol. The number of hydrogen-bond acceptors (Lipinski definition) is 4. The van der Waals surface area contributed by atoms with Crippen molar-refractivity contribution in [2.45, 2.75) is 20.0 Å². The number of nitrogens with one attached hydrogen (secondary N) is 1. The molecule has 0 radical (unpaired) electrons. The number of alkyl halides is 3. The van der Waals surface area contributed by atoms with Gasteiger partial charge in [-0.2, -0.15) is 18.2 Å². The minimum Gasteiger partial charge on any atom is -0.475 e. The second-order valence-corrected chi connectivity index (χ2v) is 3.65. The summed E-state index contributed by atoms with van der Waals surface area (Å²) in [4.78, 5) is 3.95. The zero-order valence-electron chi connectivity index (χ0n) is 10.9. The number of anilines is 1. The summed E-state index contributed by atoms with van der Waals surface area (Å²) < 4.78 is 48.3. The van der Waals surface area contributed by atoms with E-state index in [9.17, 15) is 13.2 Å². The highest BCUT2D eigenvalue weighted by atomic mass is 19.4. The van der Waals surface area contributed by atoms with E-state index in [1.165, 1.54) is 0 Å². The van der Waals surface area contributed by atoms with E-state index >= 15 is 0 Å². The molecule has 108 valence electrons. The van der Waals surface area contributed by atoms with E-state index < -0.39 is 11.7 Å². The van der Waals surface area contributed by atoms with Gasteiger partial charge in [0.15, 0.2) is 0 Å². The van der Waals surface area contributed by atoms with Crippen molar-refractivity contribution in [3.05, 3.63) is 17.7 Å². The molecule has 7 heteroatoms. The molecule has 0 aliphatic heterocycles. The summed E-state index contributed by atoms with van der Waals surface area (Å²) in [7, 11) is 0. The summed E-state index contributed by atoms with van der Waals surface area (Å²) in [6, 6.07) is 1.84. The average molecular weight is 278 g/mol. The Hall–Kier alpha value is -1.50. The predicted octanol–water partition coefficient (Wildman–Crippen LogP) is 2.95. The molecule has 1 rings (SSSR count). The van der Waals surface area contributed by atoms with Gasteiger partial charge in [0.05, 0.1) is 12.2 Å². The van der Waals surface area contributed by atoms with Crippen molar-refractivity contribution in [1.82, 2.24) is 4.98 Å². The molecule has 0 spiro atoms. The third-order valence-electron chi connectivity index (χ3n) is 2.17. The Kier molecular flexibility index (Phi) is 5.88. The SMILES string of the molecule is CCNc1cc(C(F)(F)F)cc(OCCOCC)n1. The van der Waals surface area contributed by atoms with Crippen LogP contribution in [0.3, 0.4) is 0 Å². The van der Waals surface area contributed by atoms with Crippen LogP contribution in [0.25, 0.3) is 0 Å². The van der Waals surface area contributed by atoms with Crippen LogP contribution in [0.2, 0.25) is 0 Å². The third-order valence-corrected chi connectivity index (χ3v) is 2.17. The maximum atomic E-state index is 12.7. The average Bonchev–Trinajstić information content (AvgIpc) is 2.34. The quantitative estimate of drug-likeness (QED) is 0.779. The lowest BCUT2D eigenvalue weighted by Crippen LogP contribution is -2.11. The number of rotatable bonds is 7. The van der Waals surface area contributed by atoms with Crippen LogP contribution >= 0.6 is 0 Å². The molecule has 0 amide bonds. The first-order chi connectivity index (χ1) is 8.97. The van der Waals surface area contributed by atoms with Crippen LogP contribution in [-0.4, -0.2) is 31.3 Å². The fourth-order valence-electron chi connectivity index (χ4n) is 1.36. The number of halogens is 3. The number of pyridine rings is 1. The highest BCUT2D eigenvalue weighted by Crippen LogP contribution is 2.32. The summed E-state index contributed by atoms with van der Waals surface area (Å²) in [5.41, 5.74) is -0.787. The largest absolute Gasteiger partial charge is 0.475 e. The van der Waals surface area contributed by atoms with E-state index in [1.807, 2.05) is 6.92 Å². The first-order valence-electron chi connectivity index (χ1n) is 6.01. The molecule has 0 aliphatic rings. The minimum absolute atomic E-state index is 0.0644. The highest BCUT2D eigenvalue weighted by molar-refractivity contribution is 5.42. The fourth-order valence-corrected chi connectivity index (χ4v) is 1.36. The molecule has 0 saturated carbocycles. The van der Waals surface area contributed by atoms with Gasteiger partial charge in [0.1, 0.15) is 12.4 Å². The van der Waals surface area contributed by atoms with Crippen LogP contribution in [0.15, 0.2) is 12.1 Å². The zero-order valence-corrected chi connectivity index (χ0v) is 10.9. The van der Waals surface area contributed by atoms with Crippen LogP contribution in [0.5, 0.6) is 5.88 Å². The predicted molar refractivity (Wildman–Crippen MR) is 65.4 cm³/mol. The maximum Gasteiger partial charge on any atom is 0.416 e. The van der Waals surface area contributed by atoms with Crippen LogP contribution in [0, 0.1) is 0 Å². The van der Waals surface area contributed by atoms with Gasteiger partial charge < -0.3 is 14.8 Å². The van der Waals surface area contributed by atoms with E-state index in [0.717, 1.165) is 12.1 Å². The van der Waals surface area contributed by atoms with Crippen molar-refractivity contribution >= 4 is 5.82 Å². The van der Waals surface area contributed by atoms with Crippen LogP contribution in [-0.2, 0) is 10.9 Å². The van der Waals surface area contributed by atoms with Crippen molar-refractivity contribution in [1.29, 1.82) is 0 Å². The Labute approximate surface area is 109 Å². The Morgan fingerprint density at radius 1 is 1.21 bits per heavy atom. The Morgan fingerprint density at radius 3 is 2.53 bits per heavy atom. The molecule has 0 aliphatic carbocycles. The number of aromatic nitrogens is 1. The molecular weight excluding hydrogens is 261 g/mol. The van der Waals surface area contributed by atoms with E-state index in [4.69, 9.17) is 9.47 Å². The number of ether oxygens (including phenoxy) is 2. The molecule has 4 nitrogen and oxygen atoms in total. The van der Waals surface area contributed by atoms with Gasteiger partial charge in [-0.3, -0.25) is 0 Å². The van der Waals surface area contributed by atoms with Gasteiger partial charge in [-0.15, -0.1) is 0 Å². The first kappa shape index (κ1) is 15.6. The molecule has 1 heterocycles. The van der Waals surface area contributed by atoms with Crippen molar-refractivity contribution in [2.75, 3.05) is 31.7 Å². The van der Waals surface area contributed by atoms with E-state index in [2.05, 4.69) is 10.3 Å². The van der Waals surface area contributed by atoms with E-state index in [1.54, 1.807) is 6.92 Å². The molecule has 0 atom stereocenters. The molecule has 0 aromatic carbocycles. The second-order valence-electron chi connectivity index (χ2n) is 3.65. The normalized spacial score (nSPS) is 11.4. The maximum absolute atomic E-state index is 12.7. The zero-order chi connectivity index (χ0) is 14.3. The summed E-state index contributed by atoms with van der Waals surface area (Å²) in [5.74, 6) is 0.0780. The van der Waals surface area contributed by atoms with E-state index in [-0.39, 0.29) is 18.3 Å². The Bertz CT molecular complexity index is 397. The summed E-state index contributed by atoms with van der Waals surface area (Å²) in [6.07, 6.45) is -4.43.